The summed E-state index contributed by atoms with van der Waals surface area (Å²) in [5.74, 6) is 0.829. The second-order valence-corrected chi connectivity index (χ2v) is 7.11. The summed E-state index contributed by atoms with van der Waals surface area (Å²) in [5, 5.41) is 3.03. The average molecular weight is 379 g/mol. The molecule has 1 aliphatic heterocycles. The van der Waals surface area contributed by atoms with E-state index in [2.05, 4.69) is 15.3 Å². The van der Waals surface area contributed by atoms with Crippen molar-refractivity contribution in [2.45, 2.75) is 32.0 Å². The van der Waals surface area contributed by atoms with Crippen LogP contribution in [0.25, 0.3) is 11.0 Å². The summed E-state index contributed by atoms with van der Waals surface area (Å²) in [6.45, 7) is 2.26. The van der Waals surface area contributed by atoms with Crippen LogP contribution in [0.5, 0.6) is 0 Å². The number of amides is 2. The highest BCUT2D eigenvalue weighted by Crippen LogP contribution is 2.16. The fourth-order valence-electron chi connectivity index (χ4n) is 3.58. The van der Waals surface area contributed by atoms with Gasteiger partial charge in [0, 0.05) is 39.1 Å². The lowest BCUT2D eigenvalue weighted by atomic mass is 10.2. The predicted molar refractivity (Wildman–Crippen MR) is 107 cm³/mol. The third-order valence-electron chi connectivity index (χ3n) is 5.14. The lowest BCUT2D eigenvalue weighted by molar-refractivity contribution is 0.0793. The third-order valence-corrected chi connectivity index (χ3v) is 5.14. The van der Waals surface area contributed by atoms with Gasteiger partial charge in [0.1, 0.15) is 5.82 Å². The maximum atomic E-state index is 12.9. The zero-order valence-electron chi connectivity index (χ0n) is 16.0. The number of hydrogen-bond acceptors (Lipinski definition) is 4. The Kier molecular flexibility index (Phi) is 5.53. The summed E-state index contributed by atoms with van der Waals surface area (Å²) >= 11 is 0. The summed E-state index contributed by atoms with van der Waals surface area (Å²) in [5.41, 5.74) is 3.04. The molecule has 146 valence electrons. The first-order valence-corrected chi connectivity index (χ1v) is 9.64. The van der Waals surface area contributed by atoms with Gasteiger partial charge in [-0.15, -0.1) is 0 Å². The van der Waals surface area contributed by atoms with E-state index in [0.717, 1.165) is 41.9 Å². The van der Waals surface area contributed by atoms with Gasteiger partial charge >= 0.3 is 6.03 Å². The molecule has 7 heteroatoms. The van der Waals surface area contributed by atoms with E-state index in [4.69, 9.17) is 4.74 Å². The summed E-state index contributed by atoms with van der Waals surface area (Å²) in [6, 6.07) is 11.7. The van der Waals surface area contributed by atoms with Crippen molar-refractivity contribution < 1.29 is 9.53 Å². The molecule has 3 aromatic rings. The van der Waals surface area contributed by atoms with Crippen LogP contribution >= 0.6 is 0 Å². The third kappa shape index (κ3) is 4.14. The van der Waals surface area contributed by atoms with Crippen LogP contribution in [0.3, 0.4) is 0 Å². The SMILES string of the molecule is Cn1c(CNC(=O)N(Cc2ccncc2)C[C@H]2CCCO2)nc2ccccc21. The maximum Gasteiger partial charge on any atom is 0.318 e. The topological polar surface area (TPSA) is 72.3 Å². The van der Waals surface area contributed by atoms with Crippen molar-refractivity contribution in [3.8, 4) is 0 Å². The first-order chi connectivity index (χ1) is 13.7. The van der Waals surface area contributed by atoms with E-state index in [0.29, 0.717) is 19.6 Å². The van der Waals surface area contributed by atoms with Crippen LogP contribution in [-0.4, -0.2) is 44.7 Å². The average Bonchev–Trinajstić information content (AvgIpc) is 3.35. The zero-order valence-corrected chi connectivity index (χ0v) is 16.0. The first-order valence-electron chi connectivity index (χ1n) is 9.64. The van der Waals surface area contributed by atoms with Crippen LogP contribution < -0.4 is 5.32 Å². The second kappa shape index (κ2) is 8.39. The number of aromatic nitrogens is 3. The number of para-hydroxylation sites is 2. The van der Waals surface area contributed by atoms with Gasteiger partial charge in [0.25, 0.3) is 0 Å². The fraction of sp³-hybridized carbons (Fsp3) is 0.381. The minimum atomic E-state index is -0.112. The van der Waals surface area contributed by atoms with Crippen LogP contribution in [0, 0.1) is 0 Å². The smallest absolute Gasteiger partial charge is 0.318 e. The first kappa shape index (κ1) is 18.4. The Morgan fingerprint density at radius 3 is 2.86 bits per heavy atom. The number of nitrogens with zero attached hydrogens (tertiary/aromatic N) is 4. The van der Waals surface area contributed by atoms with Gasteiger partial charge in [-0.05, 0) is 42.7 Å². The molecular formula is C21H25N5O2. The Bertz CT molecular complexity index is 934. The molecule has 0 spiro atoms. The van der Waals surface area contributed by atoms with E-state index < -0.39 is 0 Å². The molecule has 1 atom stereocenters. The van der Waals surface area contributed by atoms with Crippen molar-refractivity contribution in [3.05, 3.63) is 60.2 Å². The number of fused-ring (bicyclic) bond motifs is 1. The van der Waals surface area contributed by atoms with Gasteiger partial charge < -0.3 is 19.5 Å². The van der Waals surface area contributed by atoms with E-state index in [1.54, 1.807) is 12.4 Å². The van der Waals surface area contributed by atoms with Gasteiger partial charge in [0.15, 0.2) is 0 Å². The number of pyridine rings is 1. The number of benzene rings is 1. The molecule has 1 aliphatic rings. The number of rotatable bonds is 6. The Morgan fingerprint density at radius 2 is 2.11 bits per heavy atom. The van der Waals surface area contributed by atoms with Crippen molar-refractivity contribution in [1.29, 1.82) is 0 Å². The summed E-state index contributed by atoms with van der Waals surface area (Å²) < 4.78 is 7.76. The number of ether oxygens (including phenoxy) is 1. The van der Waals surface area contributed by atoms with E-state index in [1.807, 2.05) is 52.9 Å². The number of carbonyl (C=O) groups is 1. The Morgan fingerprint density at radius 1 is 1.29 bits per heavy atom. The van der Waals surface area contributed by atoms with Crippen LogP contribution in [0.4, 0.5) is 4.79 Å². The molecule has 0 unspecified atom stereocenters. The van der Waals surface area contributed by atoms with E-state index in [9.17, 15) is 4.79 Å². The molecule has 2 amide bonds. The van der Waals surface area contributed by atoms with Gasteiger partial charge in [-0.1, -0.05) is 12.1 Å². The molecule has 1 saturated heterocycles. The predicted octanol–water partition coefficient (Wildman–Crippen LogP) is 2.86. The zero-order chi connectivity index (χ0) is 19.3. The molecule has 3 heterocycles. The summed E-state index contributed by atoms with van der Waals surface area (Å²) in [4.78, 5) is 23.4. The van der Waals surface area contributed by atoms with Crippen molar-refractivity contribution in [2.75, 3.05) is 13.2 Å². The number of nitrogens with one attached hydrogen (secondary N) is 1. The molecule has 0 aliphatic carbocycles. The summed E-state index contributed by atoms with van der Waals surface area (Å²) in [7, 11) is 1.97. The molecule has 7 nitrogen and oxygen atoms in total. The lowest BCUT2D eigenvalue weighted by Crippen LogP contribution is -2.43. The minimum absolute atomic E-state index is 0.100. The standard InChI is InChI=1S/C21H25N5O2/c1-25-19-7-3-2-6-18(19)24-20(25)13-23-21(27)26(15-17-5-4-12-28-17)14-16-8-10-22-11-9-16/h2-3,6-11,17H,4-5,12-15H2,1H3,(H,23,27)/t17-/m1/s1. The van der Waals surface area contributed by atoms with Crippen LogP contribution in [0.1, 0.15) is 24.2 Å². The van der Waals surface area contributed by atoms with E-state index in [-0.39, 0.29) is 12.1 Å². The van der Waals surface area contributed by atoms with Gasteiger partial charge in [-0.25, -0.2) is 9.78 Å². The van der Waals surface area contributed by atoms with Gasteiger partial charge in [-0.3, -0.25) is 4.98 Å². The van der Waals surface area contributed by atoms with Crippen LogP contribution in [0.15, 0.2) is 48.8 Å². The lowest BCUT2D eigenvalue weighted by Gasteiger charge is -2.25. The molecule has 1 aromatic carbocycles. The Labute approximate surface area is 164 Å². The monoisotopic (exact) mass is 379 g/mol. The van der Waals surface area contributed by atoms with E-state index in [1.165, 1.54) is 0 Å². The number of urea groups is 1. The molecule has 0 saturated carbocycles. The van der Waals surface area contributed by atoms with Crippen molar-refractivity contribution in [3.63, 3.8) is 0 Å². The number of carbonyl (C=O) groups excluding carboxylic acids is 1. The maximum absolute atomic E-state index is 12.9. The second-order valence-electron chi connectivity index (χ2n) is 7.11. The Balaban J connectivity index is 1.45. The fourth-order valence-corrected chi connectivity index (χ4v) is 3.58. The van der Waals surface area contributed by atoms with Gasteiger partial charge in [-0.2, -0.15) is 0 Å². The molecule has 0 radical (unpaired) electrons. The molecular weight excluding hydrogens is 354 g/mol. The van der Waals surface area contributed by atoms with Crippen molar-refractivity contribution in [2.24, 2.45) is 7.05 Å². The number of imidazole rings is 1. The number of hydrogen-bond donors (Lipinski definition) is 1. The van der Waals surface area contributed by atoms with Gasteiger partial charge in [0.05, 0.1) is 23.7 Å². The highest BCUT2D eigenvalue weighted by atomic mass is 16.5. The van der Waals surface area contributed by atoms with Crippen LogP contribution in [0.2, 0.25) is 0 Å². The highest BCUT2D eigenvalue weighted by molar-refractivity contribution is 5.76. The molecule has 1 fully saturated rings. The van der Waals surface area contributed by atoms with Crippen molar-refractivity contribution in [1.82, 2.24) is 24.8 Å². The molecule has 2 aromatic heterocycles. The molecule has 4 rings (SSSR count). The van der Waals surface area contributed by atoms with Crippen molar-refractivity contribution >= 4 is 17.1 Å². The largest absolute Gasteiger partial charge is 0.376 e. The quantitative estimate of drug-likeness (QED) is 0.715. The molecule has 0 bridgehead atoms. The normalized spacial score (nSPS) is 16.4. The molecule has 1 N–H and O–H groups in total. The highest BCUT2D eigenvalue weighted by Gasteiger charge is 2.23. The summed E-state index contributed by atoms with van der Waals surface area (Å²) in [6.07, 6.45) is 5.64. The minimum Gasteiger partial charge on any atom is -0.376 e. The number of aryl methyl sites for hydroxylation is 1. The van der Waals surface area contributed by atoms with Crippen LogP contribution in [-0.2, 0) is 24.9 Å². The molecule has 28 heavy (non-hydrogen) atoms. The Hall–Kier alpha value is -2.93. The van der Waals surface area contributed by atoms with E-state index >= 15 is 0 Å². The van der Waals surface area contributed by atoms with Gasteiger partial charge in [0.2, 0.25) is 0 Å².